The van der Waals surface area contributed by atoms with Crippen molar-refractivity contribution in [2.75, 3.05) is 6.54 Å². The smallest absolute Gasteiger partial charge is 0.308 e. The van der Waals surface area contributed by atoms with Crippen LogP contribution in [0.15, 0.2) is 18.2 Å². The van der Waals surface area contributed by atoms with Crippen molar-refractivity contribution in [3.63, 3.8) is 0 Å². The van der Waals surface area contributed by atoms with Gasteiger partial charge in [-0.25, -0.2) is 0 Å². The minimum atomic E-state index is -0.972. The lowest BCUT2D eigenvalue weighted by atomic mass is 9.84. The summed E-state index contributed by atoms with van der Waals surface area (Å²) in [4.78, 5) is 23.1. The predicted octanol–water partition coefficient (Wildman–Crippen LogP) is 1.96. The summed E-state index contributed by atoms with van der Waals surface area (Å²) in [5.41, 5.74) is -0.179. The van der Waals surface area contributed by atoms with Gasteiger partial charge in [0.25, 0.3) is 5.91 Å². The molecule has 0 radical (unpaired) electrons. The Kier molecular flexibility index (Phi) is 5.18. The van der Waals surface area contributed by atoms with Crippen LogP contribution >= 0.6 is 0 Å². The van der Waals surface area contributed by atoms with Crippen molar-refractivity contribution in [3.05, 3.63) is 23.8 Å². The van der Waals surface area contributed by atoms with Gasteiger partial charge in [-0.1, -0.05) is 20.8 Å². The molecule has 1 rings (SSSR count). The van der Waals surface area contributed by atoms with Crippen molar-refractivity contribution in [1.29, 1.82) is 0 Å². The Labute approximate surface area is 123 Å². The Morgan fingerprint density at radius 2 is 1.86 bits per heavy atom. The van der Waals surface area contributed by atoms with E-state index in [4.69, 9.17) is 5.11 Å². The van der Waals surface area contributed by atoms with E-state index in [0.29, 0.717) is 6.42 Å². The third kappa shape index (κ3) is 5.33. The number of nitrogens with one attached hydrogen (secondary N) is 1. The van der Waals surface area contributed by atoms with Gasteiger partial charge in [-0.3, -0.25) is 9.59 Å². The second kappa shape index (κ2) is 6.47. The number of hydrogen-bond acceptors (Lipinski definition) is 4. The Hall–Kier alpha value is -2.24. The van der Waals surface area contributed by atoms with Gasteiger partial charge in [0.15, 0.2) is 0 Å². The molecule has 0 aliphatic rings. The van der Waals surface area contributed by atoms with Crippen LogP contribution in [0.2, 0.25) is 0 Å². The molecule has 6 heteroatoms. The Bertz CT molecular complexity index is 533. The number of aliphatic carboxylic acids is 1. The summed E-state index contributed by atoms with van der Waals surface area (Å²) in [6.45, 7) is 5.76. The second-order valence-electron chi connectivity index (χ2n) is 6.21. The fraction of sp³-hybridized carbons (Fsp3) is 0.467. The average molecular weight is 295 g/mol. The maximum atomic E-state index is 11.9. The number of rotatable bonds is 5. The molecule has 0 saturated heterocycles. The summed E-state index contributed by atoms with van der Waals surface area (Å²) >= 11 is 0. The second-order valence-corrected chi connectivity index (χ2v) is 6.21. The van der Waals surface area contributed by atoms with E-state index < -0.39 is 17.8 Å². The summed E-state index contributed by atoms with van der Waals surface area (Å²) in [6, 6.07) is 3.61. The molecule has 0 fully saturated rings. The molecule has 6 nitrogen and oxygen atoms in total. The Balaban J connectivity index is 2.71. The van der Waals surface area contributed by atoms with Gasteiger partial charge in [-0.15, -0.1) is 0 Å². The minimum absolute atomic E-state index is 0.00676. The SMILES string of the molecule is CC(C)(C)CC(CNC(=O)c1ccc(O)cc1O)C(=O)O. The molecule has 0 aliphatic carbocycles. The Morgan fingerprint density at radius 3 is 2.33 bits per heavy atom. The summed E-state index contributed by atoms with van der Waals surface area (Å²) in [5, 5.41) is 30.4. The van der Waals surface area contributed by atoms with Gasteiger partial charge in [0.05, 0.1) is 11.5 Å². The summed E-state index contributed by atoms with van der Waals surface area (Å²) in [7, 11) is 0. The van der Waals surface area contributed by atoms with E-state index in [0.717, 1.165) is 6.07 Å². The number of carbonyl (C=O) groups is 2. The summed E-state index contributed by atoms with van der Waals surface area (Å²) in [6.07, 6.45) is 0.421. The molecule has 0 heterocycles. The molecule has 21 heavy (non-hydrogen) atoms. The van der Waals surface area contributed by atoms with Crippen LogP contribution < -0.4 is 5.32 Å². The van der Waals surface area contributed by atoms with E-state index in [1.54, 1.807) is 0 Å². The highest BCUT2D eigenvalue weighted by Crippen LogP contribution is 2.25. The first kappa shape index (κ1) is 16.8. The first-order chi connectivity index (χ1) is 9.60. The quantitative estimate of drug-likeness (QED) is 0.664. The highest BCUT2D eigenvalue weighted by molar-refractivity contribution is 5.97. The lowest BCUT2D eigenvalue weighted by molar-refractivity contribution is -0.142. The molecule has 1 amide bonds. The van der Waals surface area contributed by atoms with Crippen molar-refractivity contribution in [2.24, 2.45) is 11.3 Å². The molecule has 0 saturated carbocycles. The maximum Gasteiger partial charge on any atom is 0.308 e. The molecule has 0 bridgehead atoms. The van der Waals surface area contributed by atoms with Gasteiger partial charge in [-0.2, -0.15) is 0 Å². The van der Waals surface area contributed by atoms with Crippen LogP contribution in [-0.2, 0) is 4.79 Å². The number of carboxylic acid groups (broad SMARTS) is 1. The van der Waals surface area contributed by atoms with E-state index in [-0.39, 0.29) is 29.0 Å². The fourth-order valence-corrected chi connectivity index (χ4v) is 2.01. The van der Waals surface area contributed by atoms with Crippen molar-refractivity contribution < 1.29 is 24.9 Å². The van der Waals surface area contributed by atoms with Crippen molar-refractivity contribution in [2.45, 2.75) is 27.2 Å². The van der Waals surface area contributed by atoms with E-state index >= 15 is 0 Å². The first-order valence-corrected chi connectivity index (χ1v) is 6.63. The molecule has 116 valence electrons. The minimum Gasteiger partial charge on any atom is -0.508 e. The topological polar surface area (TPSA) is 107 Å². The number of benzene rings is 1. The van der Waals surface area contributed by atoms with Crippen LogP contribution in [-0.4, -0.2) is 33.7 Å². The van der Waals surface area contributed by atoms with E-state index in [9.17, 15) is 19.8 Å². The molecule has 1 aromatic carbocycles. The molecule has 4 N–H and O–H groups in total. The van der Waals surface area contributed by atoms with Gasteiger partial charge in [-0.05, 0) is 24.0 Å². The highest BCUT2D eigenvalue weighted by Gasteiger charge is 2.25. The summed E-state index contributed by atoms with van der Waals surface area (Å²) < 4.78 is 0. The molecule has 1 atom stereocenters. The fourth-order valence-electron chi connectivity index (χ4n) is 2.01. The molecular weight excluding hydrogens is 274 g/mol. The molecule has 0 spiro atoms. The van der Waals surface area contributed by atoms with Crippen molar-refractivity contribution in [1.82, 2.24) is 5.32 Å². The van der Waals surface area contributed by atoms with Crippen LogP contribution in [0.4, 0.5) is 0 Å². The van der Waals surface area contributed by atoms with Gasteiger partial charge in [0.2, 0.25) is 0 Å². The molecule has 1 aromatic rings. The number of phenolic OH excluding ortho intramolecular Hbond substituents is 2. The summed E-state index contributed by atoms with van der Waals surface area (Å²) in [5.74, 6) is -2.75. The average Bonchev–Trinajstić information content (AvgIpc) is 2.32. The third-order valence-corrected chi connectivity index (χ3v) is 2.94. The lowest BCUT2D eigenvalue weighted by Crippen LogP contribution is -2.35. The molecule has 1 unspecified atom stereocenters. The van der Waals surface area contributed by atoms with E-state index in [1.807, 2.05) is 20.8 Å². The van der Waals surface area contributed by atoms with Gasteiger partial charge >= 0.3 is 5.97 Å². The van der Waals surface area contributed by atoms with Crippen molar-refractivity contribution in [3.8, 4) is 11.5 Å². The first-order valence-electron chi connectivity index (χ1n) is 6.63. The zero-order valence-electron chi connectivity index (χ0n) is 12.4. The number of carbonyl (C=O) groups excluding carboxylic acids is 1. The lowest BCUT2D eigenvalue weighted by Gasteiger charge is -2.23. The van der Waals surface area contributed by atoms with Gasteiger partial charge < -0.3 is 20.6 Å². The number of phenols is 2. The monoisotopic (exact) mass is 295 g/mol. The zero-order chi connectivity index (χ0) is 16.2. The molecule has 0 aliphatic heterocycles. The van der Waals surface area contributed by atoms with E-state index in [2.05, 4.69) is 5.32 Å². The number of hydrogen-bond donors (Lipinski definition) is 4. The maximum absolute atomic E-state index is 11.9. The molecule has 0 aromatic heterocycles. The largest absolute Gasteiger partial charge is 0.508 e. The van der Waals surface area contributed by atoms with Crippen LogP contribution in [0.3, 0.4) is 0 Å². The van der Waals surface area contributed by atoms with Gasteiger partial charge in [0, 0.05) is 12.6 Å². The third-order valence-electron chi connectivity index (χ3n) is 2.94. The van der Waals surface area contributed by atoms with Gasteiger partial charge in [0.1, 0.15) is 11.5 Å². The zero-order valence-corrected chi connectivity index (χ0v) is 12.4. The standard InChI is InChI=1S/C15H21NO5/c1-15(2,3)7-9(14(20)21)8-16-13(19)11-5-4-10(17)6-12(11)18/h4-6,9,17-18H,7-8H2,1-3H3,(H,16,19)(H,20,21). The van der Waals surface area contributed by atoms with Crippen LogP contribution in [0.1, 0.15) is 37.6 Å². The predicted molar refractivity (Wildman–Crippen MR) is 77.3 cm³/mol. The van der Waals surface area contributed by atoms with Crippen LogP contribution in [0, 0.1) is 11.3 Å². The normalized spacial score (nSPS) is 12.7. The van der Waals surface area contributed by atoms with E-state index in [1.165, 1.54) is 12.1 Å². The number of amides is 1. The van der Waals surface area contributed by atoms with Crippen LogP contribution in [0.25, 0.3) is 0 Å². The number of aromatic hydroxyl groups is 2. The van der Waals surface area contributed by atoms with Crippen molar-refractivity contribution >= 4 is 11.9 Å². The Morgan fingerprint density at radius 1 is 1.24 bits per heavy atom. The number of carboxylic acids is 1. The molecular formula is C15H21NO5. The van der Waals surface area contributed by atoms with Crippen LogP contribution in [0.5, 0.6) is 11.5 Å². The highest BCUT2D eigenvalue weighted by atomic mass is 16.4.